The summed E-state index contributed by atoms with van der Waals surface area (Å²) in [5.41, 5.74) is -2.22. The minimum atomic E-state index is -4.46. The highest BCUT2D eigenvalue weighted by Gasteiger charge is 2.33. The Morgan fingerprint density at radius 1 is 0.885 bits per heavy atom. The van der Waals surface area contributed by atoms with Crippen LogP contribution in [0.15, 0.2) is 48.5 Å². The smallest absolute Gasteiger partial charge is 0.207 e. The summed E-state index contributed by atoms with van der Waals surface area (Å²) in [6, 6.07) is 13.6. The molecule has 2 aromatic rings. The maximum absolute atomic E-state index is 13.0. The summed E-state index contributed by atoms with van der Waals surface area (Å²) in [5.74, 6) is 4.61. The van der Waals surface area contributed by atoms with E-state index in [1.165, 1.54) is 30.3 Å². The minimum Gasteiger partial charge on any atom is -0.207 e. The number of alkyl halides is 3. The van der Waals surface area contributed by atoms with E-state index in [0.717, 1.165) is 18.2 Å². The summed E-state index contributed by atoms with van der Waals surface area (Å²) in [4.78, 5) is 0. The highest BCUT2D eigenvalue weighted by atomic mass is 19.4. The average molecular weight is 356 g/mol. The third kappa shape index (κ3) is 4.21. The zero-order chi connectivity index (χ0) is 19.2. The number of halogens is 4. The van der Waals surface area contributed by atoms with E-state index in [1.807, 2.05) is 0 Å². The molecule has 0 unspecified atom stereocenters. The van der Waals surface area contributed by atoms with Crippen molar-refractivity contribution >= 4 is 0 Å². The molecule has 0 aliphatic heterocycles. The van der Waals surface area contributed by atoms with Crippen LogP contribution < -0.4 is 0 Å². The second-order valence-electron chi connectivity index (χ2n) is 5.44. The van der Waals surface area contributed by atoms with Crippen molar-refractivity contribution in [3.63, 3.8) is 0 Å². The number of hydrogen-bond acceptors (Lipinski definition) is 2. The Morgan fingerprint density at radius 2 is 1.50 bits per heavy atom. The molecule has 0 radical (unpaired) electrons. The van der Waals surface area contributed by atoms with Crippen LogP contribution >= 0.6 is 0 Å². The van der Waals surface area contributed by atoms with Gasteiger partial charge in [-0.15, -0.1) is 0 Å². The molecule has 0 saturated carbocycles. The molecule has 6 heteroatoms. The Morgan fingerprint density at radius 3 is 2.08 bits per heavy atom. The first-order chi connectivity index (χ1) is 12.3. The second-order valence-corrected chi connectivity index (χ2v) is 5.44. The lowest BCUT2D eigenvalue weighted by atomic mass is 9.84. The first kappa shape index (κ1) is 19.0. The monoisotopic (exact) mass is 356 g/mol. The SMILES string of the molecule is N#CC(C#N)(C#CCCc1ccccc1C(F)(F)F)c1ccc(F)cc1. The van der Waals surface area contributed by atoms with E-state index < -0.39 is 23.0 Å². The lowest BCUT2D eigenvalue weighted by Crippen LogP contribution is -2.19. The maximum atomic E-state index is 13.0. The van der Waals surface area contributed by atoms with Crippen LogP contribution in [-0.2, 0) is 18.0 Å². The van der Waals surface area contributed by atoms with Crippen LogP contribution in [0.1, 0.15) is 23.1 Å². The van der Waals surface area contributed by atoms with Gasteiger partial charge in [0.05, 0.1) is 5.56 Å². The van der Waals surface area contributed by atoms with E-state index >= 15 is 0 Å². The highest BCUT2D eigenvalue weighted by Crippen LogP contribution is 2.32. The summed E-state index contributed by atoms with van der Waals surface area (Å²) in [6.07, 6.45) is -4.39. The fourth-order valence-corrected chi connectivity index (χ4v) is 2.39. The van der Waals surface area contributed by atoms with Crippen LogP contribution in [0.5, 0.6) is 0 Å². The predicted molar refractivity (Wildman–Crippen MR) is 86.8 cm³/mol. The van der Waals surface area contributed by atoms with E-state index in [2.05, 4.69) is 11.8 Å². The molecule has 0 N–H and O–H groups in total. The van der Waals surface area contributed by atoms with Crippen molar-refractivity contribution in [2.24, 2.45) is 0 Å². The quantitative estimate of drug-likeness (QED) is 0.588. The maximum Gasteiger partial charge on any atom is 0.416 e. The number of rotatable bonds is 3. The molecule has 0 atom stereocenters. The summed E-state index contributed by atoms with van der Waals surface area (Å²) in [7, 11) is 0. The molecule has 2 aromatic carbocycles. The van der Waals surface area contributed by atoms with Gasteiger partial charge in [-0.2, -0.15) is 23.7 Å². The topological polar surface area (TPSA) is 47.6 Å². The van der Waals surface area contributed by atoms with Crippen molar-refractivity contribution in [2.45, 2.75) is 24.4 Å². The van der Waals surface area contributed by atoms with E-state index in [1.54, 1.807) is 12.1 Å². The van der Waals surface area contributed by atoms with Gasteiger partial charge in [0.15, 0.2) is 0 Å². The molecule has 0 fully saturated rings. The number of aryl methyl sites for hydroxylation is 1. The Bertz CT molecular complexity index is 906. The molecule has 26 heavy (non-hydrogen) atoms. The molecule has 0 bridgehead atoms. The molecule has 130 valence electrons. The molecule has 0 saturated heterocycles. The van der Waals surface area contributed by atoms with Crippen LogP contribution in [0, 0.1) is 40.3 Å². The van der Waals surface area contributed by atoms with Crippen molar-refractivity contribution in [1.82, 2.24) is 0 Å². The van der Waals surface area contributed by atoms with Crippen molar-refractivity contribution in [1.29, 1.82) is 10.5 Å². The van der Waals surface area contributed by atoms with Crippen molar-refractivity contribution in [2.75, 3.05) is 0 Å². The Balaban J connectivity index is 2.22. The molecule has 0 heterocycles. The third-order valence-corrected chi connectivity index (χ3v) is 3.73. The Hall–Kier alpha value is -3.30. The average Bonchev–Trinajstić information content (AvgIpc) is 2.63. The van der Waals surface area contributed by atoms with Crippen LogP contribution in [0.2, 0.25) is 0 Å². The lowest BCUT2D eigenvalue weighted by molar-refractivity contribution is -0.138. The van der Waals surface area contributed by atoms with Crippen molar-refractivity contribution < 1.29 is 17.6 Å². The number of nitriles is 2. The molecule has 2 nitrogen and oxygen atoms in total. The van der Waals surface area contributed by atoms with Crippen LogP contribution in [0.3, 0.4) is 0 Å². The highest BCUT2D eigenvalue weighted by molar-refractivity contribution is 5.50. The minimum absolute atomic E-state index is 0.0268. The van der Waals surface area contributed by atoms with Gasteiger partial charge in [-0.25, -0.2) is 4.39 Å². The molecular weight excluding hydrogens is 344 g/mol. The Labute approximate surface area is 148 Å². The number of nitrogens with zero attached hydrogens (tertiary/aromatic N) is 2. The summed E-state index contributed by atoms with van der Waals surface area (Å²) < 4.78 is 51.9. The summed E-state index contributed by atoms with van der Waals surface area (Å²) in [6.45, 7) is 0. The van der Waals surface area contributed by atoms with Gasteiger partial charge >= 0.3 is 6.18 Å². The second kappa shape index (κ2) is 7.72. The van der Waals surface area contributed by atoms with Crippen molar-refractivity contribution in [3.05, 3.63) is 71.0 Å². The van der Waals surface area contributed by atoms with Gasteiger partial charge in [-0.05, 0) is 35.7 Å². The van der Waals surface area contributed by atoms with Crippen LogP contribution in [-0.4, -0.2) is 0 Å². The molecule has 0 spiro atoms. The fraction of sp³-hybridized carbons (Fsp3) is 0.200. The summed E-state index contributed by atoms with van der Waals surface area (Å²) >= 11 is 0. The van der Waals surface area contributed by atoms with Gasteiger partial charge in [0.25, 0.3) is 0 Å². The molecule has 0 amide bonds. The predicted octanol–water partition coefficient (Wildman–Crippen LogP) is 4.77. The molecular formula is C20H12F4N2. The van der Waals surface area contributed by atoms with Gasteiger partial charge in [0.1, 0.15) is 18.0 Å². The zero-order valence-corrected chi connectivity index (χ0v) is 13.4. The molecule has 0 aliphatic rings. The first-order valence-corrected chi connectivity index (χ1v) is 7.56. The van der Waals surface area contributed by atoms with Gasteiger partial charge in [-0.1, -0.05) is 42.2 Å². The van der Waals surface area contributed by atoms with Gasteiger partial charge in [-0.3, -0.25) is 0 Å². The Kier molecular flexibility index (Phi) is 5.65. The van der Waals surface area contributed by atoms with Gasteiger partial charge in [0.2, 0.25) is 5.41 Å². The number of benzene rings is 2. The largest absolute Gasteiger partial charge is 0.416 e. The molecule has 0 aliphatic carbocycles. The van der Waals surface area contributed by atoms with Gasteiger partial charge < -0.3 is 0 Å². The van der Waals surface area contributed by atoms with E-state index in [-0.39, 0.29) is 24.0 Å². The van der Waals surface area contributed by atoms with Gasteiger partial charge in [0, 0.05) is 6.42 Å². The third-order valence-electron chi connectivity index (χ3n) is 3.73. The van der Waals surface area contributed by atoms with Crippen molar-refractivity contribution in [3.8, 4) is 24.0 Å². The van der Waals surface area contributed by atoms with E-state index in [9.17, 15) is 28.1 Å². The molecule has 2 rings (SSSR count). The summed E-state index contributed by atoms with van der Waals surface area (Å²) in [5, 5.41) is 18.7. The van der Waals surface area contributed by atoms with E-state index in [4.69, 9.17) is 0 Å². The lowest BCUT2D eigenvalue weighted by Gasteiger charge is -2.12. The normalized spacial score (nSPS) is 11.0. The zero-order valence-electron chi connectivity index (χ0n) is 13.4. The van der Waals surface area contributed by atoms with E-state index in [0.29, 0.717) is 0 Å². The standard InChI is InChI=1S/C20H12F4N2/c21-17-10-8-16(9-11-17)19(13-25,14-26)12-4-3-6-15-5-1-2-7-18(15)20(22,23)24/h1-2,5,7-11H,3,6H2. The number of hydrogen-bond donors (Lipinski definition) is 0. The first-order valence-electron chi connectivity index (χ1n) is 7.56. The fourth-order valence-electron chi connectivity index (χ4n) is 2.39. The molecule has 0 aromatic heterocycles. The van der Waals surface area contributed by atoms with Crippen LogP contribution in [0.4, 0.5) is 17.6 Å². The van der Waals surface area contributed by atoms with Crippen LogP contribution in [0.25, 0.3) is 0 Å².